The minimum absolute atomic E-state index is 0.370. The van der Waals surface area contributed by atoms with Gasteiger partial charge in [-0.3, -0.25) is 0 Å². The third-order valence-electron chi connectivity index (χ3n) is 3.77. The minimum Gasteiger partial charge on any atom is -0.385 e. The van der Waals surface area contributed by atoms with Gasteiger partial charge in [0.2, 0.25) is 0 Å². The predicted molar refractivity (Wildman–Crippen MR) is 76.4 cm³/mol. The molecule has 19 heavy (non-hydrogen) atoms. The molecule has 0 saturated carbocycles. The first-order chi connectivity index (χ1) is 9.25. The SMILES string of the molecule is CC(C)n1ncnc1CC1CCNc2ccccc21. The van der Waals surface area contributed by atoms with Crippen molar-refractivity contribution >= 4 is 5.69 Å². The van der Waals surface area contributed by atoms with Gasteiger partial charge >= 0.3 is 0 Å². The van der Waals surface area contributed by atoms with Crippen molar-refractivity contribution in [2.24, 2.45) is 0 Å². The highest BCUT2D eigenvalue weighted by molar-refractivity contribution is 5.54. The number of nitrogens with zero attached hydrogens (tertiary/aromatic N) is 3. The zero-order chi connectivity index (χ0) is 13.2. The second-order valence-corrected chi connectivity index (χ2v) is 5.42. The lowest BCUT2D eigenvalue weighted by molar-refractivity contribution is 0.485. The molecule has 0 spiro atoms. The summed E-state index contributed by atoms with van der Waals surface area (Å²) in [6, 6.07) is 8.96. The van der Waals surface area contributed by atoms with Crippen molar-refractivity contribution in [1.82, 2.24) is 14.8 Å². The van der Waals surface area contributed by atoms with E-state index in [1.807, 2.05) is 4.68 Å². The molecule has 1 aliphatic rings. The normalized spacial score (nSPS) is 18.2. The Labute approximate surface area is 113 Å². The fraction of sp³-hybridized carbons (Fsp3) is 0.467. The van der Waals surface area contributed by atoms with Crippen LogP contribution in [0.5, 0.6) is 0 Å². The Morgan fingerprint density at radius 3 is 3.05 bits per heavy atom. The average molecular weight is 256 g/mol. The number of anilines is 1. The lowest BCUT2D eigenvalue weighted by Gasteiger charge is -2.26. The zero-order valence-corrected chi connectivity index (χ0v) is 11.5. The van der Waals surface area contributed by atoms with Gasteiger partial charge in [-0.25, -0.2) is 9.67 Å². The maximum absolute atomic E-state index is 4.44. The summed E-state index contributed by atoms with van der Waals surface area (Å²) < 4.78 is 2.03. The predicted octanol–water partition coefficient (Wildman–Crippen LogP) is 3.00. The Balaban J connectivity index is 1.87. The molecule has 0 fully saturated rings. The molecule has 1 unspecified atom stereocenters. The summed E-state index contributed by atoms with van der Waals surface area (Å²) in [4.78, 5) is 4.44. The third-order valence-corrected chi connectivity index (χ3v) is 3.77. The summed E-state index contributed by atoms with van der Waals surface area (Å²) in [6.07, 6.45) is 3.79. The van der Waals surface area contributed by atoms with Crippen LogP contribution >= 0.6 is 0 Å². The number of hydrogen-bond acceptors (Lipinski definition) is 3. The van der Waals surface area contributed by atoms with Crippen molar-refractivity contribution < 1.29 is 0 Å². The molecule has 2 heterocycles. The maximum Gasteiger partial charge on any atom is 0.138 e. The fourth-order valence-electron chi connectivity index (χ4n) is 2.83. The van der Waals surface area contributed by atoms with Crippen LogP contribution in [-0.4, -0.2) is 21.3 Å². The molecule has 1 N–H and O–H groups in total. The summed E-state index contributed by atoms with van der Waals surface area (Å²) >= 11 is 0. The highest BCUT2D eigenvalue weighted by Crippen LogP contribution is 2.33. The van der Waals surface area contributed by atoms with Gasteiger partial charge in [-0.05, 0) is 37.8 Å². The highest BCUT2D eigenvalue weighted by atomic mass is 15.3. The number of aromatic nitrogens is 3. The molecule has 1 aliphatic heterocycles. The van der Waals surface area contributed by atoms with Gasteiger partial charge < -0.3 is 5.32 Å². The first kappa shape index (κ1) is 12.2. The molecule has 0 saturated heterocycles. The van der Waals surface area contributed by atoms with Crippen LogP contribution in [0.3, 0.4) is 0 Å². The van der Waals surface area contributed by atoms with Gasteiger partial charge in [0.25, 0.3) is 0 Å². The number of fused-ring (bicyclic) bond motifs is 1. The summed E-state index contributed by atoms with van der Waals surface area (Å²) in [5.41, 5.74) is 2.68. The summed E-state index contributed by atoms with van der Waals surface area (Å²) in [5, 5.41) is 7.79. The van der Waals surface area contributed by atoms with Crippen LogP contribution < -0.4 is 5.32 Å². The van der Waals surface area contributed by atoms with Crippen molar-refractivity contribution in [3.05, 3.63) is 42.0 Å². The molecule has 0 radical (unpaired) electrons. The van der Waals surface area contributed by atoms with Crippen LogP contribution in [0.4, 0.5) is 5.69 Å². The summed E-state index contributed by atoms with van der Waals surface area (Å²) in [5.74, 6) is 1.64. The lowest BCUT2D eigenvalue weighted by atomic mass is 9.88. The average Bonchev–Trinajstić information content (AvgIpc) is 2.87. The molecule has 0 bridgehead atoms. The standard InChI is InChI=1S/C15H20N4/c1-11(2)19-15(17-10-18-19)9-12-7-8-16-14-6-4-3-5-13(12)14/h3-6,10-12,16H,7-9H2,1-2H3. The summed E-state index contributed by atoms with van der Waals surface area (Å²) in [7, 11) is 0. The first-order valence-electron chi connectivity index (χ1n) is 6.97. The highest BCUT2D eigenvalue weighted by Gasteiger charge is 2.22. The van der Waals surface area contributed by atoms with E-state index in [0.29, 0.717) is 12.0 Å². The van der Waals surface area contributed by atoms with Crippen LogP contribution in [0.2, 0.25) is 0 Å². The van der Waals surface area contributed by atoms with E-state index in [9.17, 15) is 0 Å². The molecule has 4 nitrogen and oxygen atoms in total. The second kappa shape index (κ2) is 5.03. The van der Waals surface area contributed by atoms with Crippen molar-refractivity contribution in [2.45, 2.75) is 38.6 Å². The van der Waals surface area contributed by atoms with E-state index < -0.39 is 0 Å². The van der Waals surface area contributed by atoms with Crippen LogP contribution in [0, 0.1) is 0 Å². The van der Waals surface area contributed by atoms with Crippen LogP contribution in [0.1, 0.15) is 43.6 Å². The number of benzene rings is 1. The van der Waals surface area contributed by atoms with Crippen molar-refractivity contribution in [1.29, 1.82) is 0 Å². The maximum atomic E-state index is 4.44. The Kier molecular flexibility index (Phi) is 3.23. The second-order valence-electron chi connectivity index (χ2n) is 5.42. The van der Waals surface area contributed by atoms with E-state index >= 15 is 0 Å². The monoisotopic (exact) mass is 256 g/mol. The van der Waals surface area contributed by atoms with Gasteiger partial charge in [-0.1, -0.05) is 18.2 Å². The van der Waals surface area contributed by atoms with Crippen molar-refractivity contribution in [3.8, 4) is 0 Å². The van der Waals surface area contributed by atoms with E-state index in [-0.39, 0.29) is 0 Å². The van der Waals surface area contributed by atoms with Gasteiger partial charge in [0, 0.05) is 24.7 Å². The fourth-order valence-corrected chi connectivity index (χ4v) is 2.83. The molecule has 1 atom stereocenters. The Hall–Kier alpha value is -1.84. The summed E-state index contributed by atoms with van der Waals surface area (Å²) in [6.45, 7) is 5.33. The minimum atomic E-state index is 0.370. The molecule has 2 aromatic rings. The molecular formula is C15H20N4. The largest absolute Gasteiger partial charge is 0.385 e. The van der Waals surface area contributed by atoms with E-state index in [1.54, 1.807) is 6.33 Å². The van der Waals surface area contributed by atoms with E-state index in [2.05, 4.69) is 53.5 Å². The van der Waals surface area contributed by atoms with Gasteiger partial charge in [-0.2, -0.15) is 5.10 Å². The molecule has 0 aliphatic carbocycles. The van der Waals surface area contributed by atoms with Gasteiger partial charge in [0.1, 0.15) is 12.2 Å². The lowest BCUT2D eigenvalue weighted by Crippen LogP contribution is -2.20. The number of rotatable bonds is 3. The van der Waals surface area contributed by atoms with Crippen molar-refractivity contribution in [2.75, 3.05) is 11.9 Å². The Morgan fingerprint density at radius 1 is 1.37 bits per heavy atom. The van der Waals surface area contributed by atoms with E-state index in [4.69, 9.17) is 0 Å². The molecule has 0 amide bonds. The number of nitrogens with one attached hydrogen (secondary N) is 1. The first-order valence-corrected chi connectivity index (χ1v) is 6.97. The van der Waals surface area contributed by atoms with Gasteiger partial charge in [0.05, 0.1) is 0 Å². The Bertz CT molecular complexity index is 559. The third kappa shape index (κ3) is 2.35. The van der Waals surface area contributed by atoms with E-state index in [0.717, 1.165) is 25.2 Å². The van der Waals surface area contributed by atoms with Gasteiger partial charge in [-0.15, -0.1) is 0 Å². The van der Waals surface area contributed by atoms with Gasteiger partial charge in [0.15, 0.2) is 0 Å². The number of para-hydroxylation sites is 1. The molecule has 4 heteroatoms. The molecular weight excluding hydrogens is 236 g/mol. The molecule has 3 rings (SSSR count). The molecule has 100 valence electrons. The van der Waals surface area contributed by atoms with Crippen LogP contribution in [0.25, 0.3) is 0 Å². The topological polar surface area (TPSA) is 42.7 Å². The van der Waals surface area contributed by atoms with Crippen LogP contribution in [0.15, 0.2) is 30.6 Å². The molecule has 1 aromatic carbocycles. The van der Waals surface area contributed by atoms with E-state index in [1.165, 1.54) is 11.3 Å². The zero-order valence-electron chi connectivity index (χ0n) is 11.5. The van der Waals surface area contributed by atoms with Crippen LogP contribution in [-0.2, 0) is 6.42 Å². The smallest absolute Gasteiger partial charge is 0.138 e. The number of hydrogen-bond donors (Lipinski definition) is 1. The quantitative estimate of drug-likeness (QED) is 0.918. The van der Waals surface area contributed by atoms with Crippen molar-refractivity contribution in [3.63, 3.8) is 0 Å². The molecule has 1 aromatic heterocycles. The Morgan fingerprint density at radius 2 is 2.21 bits per heavy atom.